The second kappa shape index (κ2) is 5.15. The Bertz CT molecular complexity index is 560. The van der Waals surface area contributed by atoms with Crippen molar-refractivity contribution in [3.8, 4) is 0 Å². The predicted octanol–water partition coefficient (Wildman–Crippen LogP) is 0.132. The Hall–Kier alpha value is -1.93. The Morgan fingerprint density at radius 2 is 1.56 bits per heavy atom. The molecule has 8 heteroatoms. The van der Waals surface area contributed by atoms with Gasteiger partial charge in [-0.3, -0.25) is 0 Å². The van der Waals surface area contributed by atoms with Gasteiger partial charge in [-0.15, -0.1) is 0 Å². The minimum atomic E-state index is -3.43. The van der Waals surface area contributed by atoms with Gasteiger partial charge in [0.2, 0.25) is 10.0 Å². The second-order valence-electron chi connectivity index (χ2n) is 3.62. The van der Waals surface area contributed by atoms with Gasteiger partial charge in [-0.1, -0.05) is 0 Å². The predicted molar refractivity (Wildman–Crippen MR) is 62.0 cm³/mol. The van der Waals surface area contributed by atoms with Crippen LogP contribution in [0, 0.1) is 0 Å². The molecule has 0 unspecified atom stereocenters. The molecule has 0 aliphatic heterocycles. The van der Waals surface area contributed by atoms with E-state index >= 15 is 0 Å². The van der Waals surface area contributed by atoms with Crippen LogP contribution in [-0.2, 0) is 16.6 Å². The lowest BCUT2D eigenvalue weighted by Crippen LogP contribution is -2.21. The quantitative estimate of drug-likeness (QED) is 0.701. The molecule has 0 aromatic heterocycles. The van der Waals surface area contributed by atoms with Gasteiger partial charge in [0, 0.05) is 6.54 Å². The molecule has 98 valence electrons. The number of sulfonamides is 1. The van der Waals surface area contributed by atoms with Crippen molar-refractivity contribution in [2.75, 3.05) is 6.26 Å². The summed E-state index contributed by atoms with van der Waals surface area (Å²) in [5.41, 5.74) is -0.155. The molecule has 0 aliphatic carbocycles. The zero-order valence-corrected chi connectivity index (χ0v) is 10.2. The molecule has 1 rings (SSSR count). The summed E-state index contributed by atoms with van der Waals surface area (Å²) >= 11 is 0. The van der Waals surface area contributed by atoms with Gasteiger partial charge in [0.05, 0.1) is 17.4 Å². The van der Waals surface area contributed by atoms with E-state index in [1.807, 2.05) is 0 Å². The molecule has 0 fully saturated rings. The van der Waals surface area contributed by atoms with E-state index in [2.05, 4.69) is 4.72 Å². The van der Waals surface area contributed by atoms with E-state index in [0.717, 1.165) is 12.3 Å². The Kier molecular flexibility index (Phi) is 4.04. The first-order chi connectivity index (χ1) is 8.19. The van der Waals surface area contributed by atoms with Crippen LogP contribution in [0.25, 0.3) is 0 Å². The highest BCUT2D eigenvalue weighted by Crippen LogP contribution is 2.11. The van der Waals surface area contributed by atoms with Crippen molar-refractivity contribution in [1.82, 2.24) is 4.72 Å². The van der Waals surface area contributed by atoms with Crippen LogP contribution < -0.4 is 4.72 Å². The van der Waals surface area contributed by atoms with E-state index in [1.165, 1.54) is 12.1 Å². The summed E-state index contributed by atoms with van der Waals surface area (Å²) in [5, 5.41) is 17.6. The van der Waals surface area contributed by atoms with Crippen molar-refractivity contribution in [3.05, 3.63) is 34.9 Å². The molecule has 0 bridgehead atoms. The first-order valence-electron chi connectivity index (χ1n) is 4.74. The van der Waals surface area contributed by atoms with Gasteiger partial charge in [-0.2, -0.15) is 0 Å². The Morgan fingerprint density at radius 3 is 1.89 bits per heavy atom. The number of rotatable bonds is 5. The lowest BCUT2D eigenvalue weighted by Gasteiger charge is -2.06. The third-order valence-electron chi connectivity index (χ3n) is 2.03. The lowest BCUT2D eigenvalue weighted by molar-refractivity contribution is 0.0696. The maximum atomic E-state index is 10.9. The molecule has 18 heavy (non-hydrogen) atoms. The average molecular weight is 273 g/mol. The van der Waals surface area contributed by atoms with E-state index in [0.29, 0.717) is 0 Å². The molecule has 0 aliphatic rings. The fraction of sp³-hybridized carbons (Fsp3) is 0.200. The maximum Gasteiger partial charge on any atom is 0.335 e. The molecular weight excluding hydrogens is 262 g/mol. The molecule has 0 saturated heterocycles. The highest BCUT2D eigenvalue weighted by Gasteiger charge is 2.12. The summed E-state index contributed by atoms with van der Waals surface area (Å²) in [7, 11) is -3.43. The first kappa shape index (κ1) is 14.1. The fourth-order valence-electron chi connectivity index (χ4n) is 1.26. The smallest absolute Gasteiger partial charge is 0.335 e. The van der Waals surface area contributed by atoms with E-state index in [9.17, 15) is 18.0 Å². The molecule has 1 aromatic rings. The summed E-state index contributed by atoms with van der Waals surface area (Å²) < 4.78 is 24.0. The third-order valence-corrected chi connectivity index (χ3v) is 2.69. The van der Waals surface area contributed by atoms with Crippen molar-refractivity contribution in [1.29, 1.82) is 0 Å². The van der Waals surface area contributed by atoms with E-state index in [1.54, 1.807) is 0 Å². The van der Waals surface area contributed by atoms with Gasteiger partial charge in [0.1, 0.15) is 0 Å². The van der Waals surface area contributed by atoms with E-state index in [-0.39, 0.29) is 23.2 Å². The summed E-state index contributed by atoms with van der Waals surface area (Å²) in [4.78, 5) is 21.6. The second-order valence-corrected chi connectivity index (χ2v) is 5.46. The molecule has 0 spiro atoms. The minimum Gasteiger partial charge on any atom is -0.478 e. The Morgan fingerprint density at radius 1 is 1.11 bits per heavy atom. The highest BCUT2D eigenvalue weighted by atomic mass is 32.2. The number of carbonyl (C=O) groups is 2. The van der Waals surface area contributed by atoms with E-state index in [4.69, 9.17) is 10.2 Å². The molecule has 1 aromatic carbocycles. The highest BCUT2D eigenvalue weighted by molar-refractivity contribution is 7.88. The van der Waals surface area contributed by atoms with Gasteiger partial charge in [0.15, 0.2) is 0 Å². The Balaban J connectivity index is 3.11. The van der Waals surface area contributed by atoms with Gasteiger partial charge in [-0.05, 0) is 23.8 Å². The number of hydrogen-bond acceptors (Lipinski definition) is 4. The minimum absolute atomic E-state index is 0.166. The molecular formula is C10H11NO6S. The zero-order valence-electron chi connectivity index (χ0n) is 9.37. The van der Waals surface area contributed by atoms with Crippen LogP contribution in [0.1, 0.15) is 26.3 Å². The standard InChI is InChI=1S/C10H11NO6S/c1-18(16,17)11-5-6-2-7(9(12)13)4-8(3-6)10(14)15/h2-4,11H,5H2,1H3,(H,12,13)(H,14,15). The topological polar surface area (TPSA) is 121 Å². The van der Waals surface area contributed by atoms with Crippen LogP contribution in [0.2, 0.25) is 0 Å². The molecule has 0 saturated carbocycles. The van der Waals surface area contributed by atoms with Crippen molar-refractivity contribution in [2.24, 2.45) is 0 Å². The number of benzene rings is 1. The third kappa shape index (κ3) is 4.15. The lowest BCUT2D eigenvalue weighted by atomic mass is 10.1. The number of hydrogen-bond donors (Lipinski definition) is 3. The van der Waals surface area contributed by atoms with Crippen molar-refractivity contribution >= 4 is 22.0 Å². The van der Waals surface area contributed by atoms with Gasteiger partial charge in [0.25, 0.3) is 0 Å². The molecule has 0 heterocycles. The summed E-state index contributed by atoms with van der Waals surface area (Å²) in [6.45, 7) is -0.166. The maximum absolute atomic E-state index is 10.9. The SMILES string of the molecule is CS(=O)(=O)NCc1cc(C(=O)O)cc(C(=O)O)c1. The van der Waals surface area contributed by atoms with Crippen molar-refractivity contribution in [2.45, 2.75) is 6.54 Å². The van der Waals surface area contributed by atoms with Gasteiger partial charge in [-0.25, -0.2) is 22.7 Å². The molecule has 0 radical (unpaired) electrons. The number of carboxylic acids is 2. The van der Waals surface area contributed by atoms with E-state index < -0.39 is 22.0 Å². The van der Waals surface area contributed by atoms with Gasteiger partial charge >= 0.3 is 11.9 Å². The van der Waals surface area contributed by atoms with Crippen LogP contribution in [0.4, 0.5) is 0 Å². The Labute approximate surface area is 103 Å². The van der Waals surface area contributed by atoms with Crippen LogP contribution in [0.15, 0.2) is 18.2 Å². The number of carboxylic acid groups (broad SMARTS) is 2. The van der Waals surface area contributed by atoms with Crippen LogP contribution in [-0.4, -0.2) is 36.8 Å². The van der Waals surface area contributed by atoms with Crippen molar-refractivity contribution in [3.63, 3.8) is 0 Å². The largest absolute Gasteiger partial charge is 0.478 e. The summed E-state index contributed by atoms with van der Waals surface area (Å²) in [6, 6.07) is 3.44. The molecule has 3 N–H and O–H groups in total. The summed E-state index contributed by atoms with van der Waals surface area (Å²) in [5.74, 6) is -2.56. The molecule has 0 atom stereocenters. The summed E-state index contributed by atoms with van der Waals surface area (Å²) in [6.07, 6.45) is 0.951. The zero-order chi connectivity index (χ0) is 13.9. The number of aromatic carboxylic acids is 2. The number of nitrogens with one attached hydrogen (secondary N) is 1. The van der Waals surface area contributed by atoms with Crippen LogP contribution in [0.5, 0.6) is 0 Å². The van der Waals surface area contributed by atoms with Crippen LogP contribution >= 0.6 is 0 Å². The fourth-order valence-corrected chi connectivity index (χ4v) is 1.68. The van der Waals surface area contributed by atoms with Crippen molar-refractivity contribution < 1.29 is 28.2 Å². The van der Waals surface area contributed by atoms with Crippen LogP contribution in [0.3, 0.4) is 0 Å². The molecule has 0 amide bonds. The molecule has 7 nitrogen and oxygen atoms in total. The van der Waals surface area contributed by atoms with Gasteiger partial charge < -0.3 is 10.2 Å². The normalized spacial score (nSPS) is 11.2. The average Bonchev–Trinajstić information content (AvgIpc) is 2.25. The first-order valence-corrected chi connectivity index (χ1v) is 6.63. The monoisotopic (exact) mass is 273 g/mol.